The van der Waals surface area contributed by atoms with Crippen LogP contribution in [0.4, 0.5) is 0 Å². The van der Waals surface area contributed by atoms with Gasteiger partial charge in [0.1, 0.15) is 17.6 Å². The van der Waals surface area contributed by atoms with E-state index in [1.54, 1.807) is 25.4 Å². The summed E-state index contributed by atoms with van der Waals surface area (Å²) in [6, 6.07) is 14.9. The lowest BCUT2D eigenvalue weighted by Gasteiger charge is -2.25. The highest BCUT2D eigenvalue weighted by Gasteiger charge is 2.41. The van der Waals surface area contributed by atoms with Crippen LogP contribution in [-0.4, -0.2) is 35.3 Å². The number of rotatable bonds is 6. The van der Waals surface area contributed by atoms with Crippen LogP contribution >= 0.6 is 35.4 Å². The van der Waals surface area contributed by atoms with E-state index in [1.165, 1.54) is 0 Å². The predicted octanol–water partition coefficient (Wildman–Crippen LogP) is 5.27. The van der Waals surface area contributed by atoms with Crippen LogP contribution < -0.4 is 5.32 Å². The number of furan rings is 1. The Morgan fingerprint density at radius 3 is 2.76 bits per heavy atom. The summed E-state index contributed by atoms with van der Waals surface area (Å²) in [5, 5.41) is 5.03. The molecular formula is C21H19Cl2N3O2S. The number of nitrogens with zero attached hydrogens (tertiary/aromatic N) is 2. The van der Waals surface area contributed by atoms with Crippen LogP contribution in [0.25, 0.3) is 11.3 Å². The maximum Gasteiger partial charge on any atom is 0.170 e. The zero-order chi connectivity index (χ0) is 20.4. The monoisotopic (exact) mass is 447 g/mol. The lowest BCUT2D eigenvalue weighted by atomic mass is 10.0. The molecule has 1 aliphatic rings. The van der Waals surface area contributed by atoms with Crippen molar-refractivity contribution in [3.8, 4) is 11.3 Å². The molecule has 0 radical (unpaired) electrons. The van der Waals surface area contributed by atoms with Crippen molar-refractivity contribution in [1.82, 2.24) is 15.2 Å². The Hall–Kier alpha value is -2.12. The molecule has 0 amide bonds. The molecule has 1 fully saturated rings. The fourth-order valence-electron chi connectivity index (χ4n) is 3.46. The van der Waals surface area contributed by atoms with Gasteiger partial charge in [-0.3, -0.25) is 4.98 Å². The zero-order valence-electron chi connectivity index (χ0n) is 15.6. The Morgan fingerprint density at radius 2 is 2.03 bits per heavy atom. The standard InChI is InChI=1S/C21H19Cl2N3O2S/c1-27-11-10-26-20(19(25-21(26)29)16-4-2-3-9-24-16)18-8-7-17(28-18)13-5-6-14(22)15(23)12-13/h2-9,12,19-20H,10-11H2,1H3,(H,25,29)/t19-,20-/m0/s1. The fourth-order valence-corrected chi connectivity index (χ4v) is 4.09. The molecule has 150 valence electrons. The number of methoxy groups -OCH3 is 1. The van der Waals surface area contributed by atoms with Crippen molar-refractivity contribution >= 4 is 40.5 Å². The minimum atomic E-state index is -0.149. The fraction of sp³-hybridized carbons (Fsp3) is 0.238. The summed E-state index contributed by atoms with van der Waals surface area (Å²) in [6.45, 7) is 1.19. The summed E-state index contributed by atoms with van der Waals surface area (Å²) in [7, 11) is 1.67. The van der Waals surface area contributed by atoms with E-state index in [2.05, 4.69) is 15.2 Å². The molecule has 3 heterocycles. The molecule has 2 atom stereocenters. The number of hydrogen-bond acceptors (Lipinski definition) is 4. The van der Waals surface area contributed by atoms with Crippen molar-refractivity contribution in [1.29, 1.82) is 0 Å². The molecule has 1 aromatic carbocycles. The molecule has 1 saturated heterocycles. The van der Waals surface area contributed by atoms with Gasteiger partial charge in [-0.2, -0.15) is 0 Å². The van der Waals surface area contributed by atoms with E-state index in [0.29, 0.717) is 34.1 Å². The molecule has 29 heavy (non-hydrogen) atoms. The molecule has 0 spiro atoms. The average molecular weight is 448 g/mol. The number of benzene rings is 1. The topological polar surface area (TPSA) is 50.5 Å². The van der Waals surface area contributed by atoms with Gasteiger partial charge >= 0.3 is 0 Å². The molecular weight excluding hydrogens is 429 g/mol. The lowest BCUT2D eigenvalue weighted by molar-refractivity contribution is 0.158. The number of hydrogen-bond donors (Lipinski definition) is 1. The Bertz CT molecular complexity index is 1010. The van der Waals surface area contributed by atoms with Gasteiger partial charge in [0.15, 0.2) is 5.11 Å². The largest absolute Gasteiger partial charge is 0.459 e. The second-order valence-electron chi connectivity index (χ2n) is 6.64. The molecule has 4 rings (SSSR count). The van der Waals surface area contributed by atoms with Gasteiger partial charge in [-0.1, -0.05) is 29.3 Å². The van der Waals surface area contributed by atoms with E-state index in [0.717, 1.165) is 17.0 Å². The molecule has 2 aromatic heterocycles. The maximum atomic E-state index is 6.25. The number of nitrogens with one attached hydrogen (secondary N) is 1. The Labute approximate surface area is 184 Å². The van der Waals surface area contributed by atoms with Gasteiger partial charge in [-0.05, 0) is 54.7 Å². The highest BCUT2D eigenvalue weighted by atomic mass is 35.5. The van der Waals surface area contributed by atoms with Crippen molar-refractivity contribution < 1.29 is 9.15 Å². The summed E-state index contributed by atoms with van der Waals surface area (Å²) in [6.07, 6.45) is 1.78. The molecule has 8 heteroatoms. The number of pyridine rings is 1. The molecule has 1 N–H and O–H groups in total. The number of aromatic nitrogens is 1. The van der Waals surface area contributed by atoms with E-state index < -0.39 is 0 Å². The van der Waals surface area contributed by atoms with E-state index in [9.17, 15) is 0 Å². The third-order valence-corrected chi connectivity index (χ3v) is 5.95. The second-order valence-corrected chi connectivity index (χ2v) is 7.84. The average Bonchev–Trinajstić information content (AvgIpc) is 3.34. The van der Waals surface area contributed by atoms with Crippen molar-refractivity contribution in [2.45, 2.75) is 12.1 Å². The SMILES string of the molecule is COCCN1C(=S)N[C@@H](c2ccccn2)[C@@H]1c1ccc(-c2ccc(Cl)c(Cl)c2)o1. The summed E-state index contributed by atoms with van der Waals surface area (Å²) in [4.78, 5) is 6.60. The smallest absolute Gasteiger partial charge is 0.170 e. The summed E-state index contributed by atoms with van der Waals surface area (Å²) in [5.74, 6) is 1.49. The number of ether oxygens (including phenoxy) is 1. The highest BCUT2D eigenvalue weighted by Crippen LogP contribution is 2.40. The summed E-state index contributed by atoms with van der Waals surface area (Å²) >= 11 is 17.8. The molecule has 0 saturated carbocycles. The van der Waals surface area contributed by atoms with Gasteiger partial charge in [0.25, 0.3) is 0 Å². The third kappa shape index (κ3) is 4.12. The molecule has 5 nitrogen and oxygen atoms in total. The van der Waals surface area contributed by atoms with Crippen LogP contribution in [0.15, 0.2) is 59.1 Å². The van der Waals surface area contributed by atoms with E-state index >= 15 is 0 Å². The van der Waals surface area contributed by atoms with Crippen molar-refractivity contribution in [2.75, 3.05) is 20.3 Å². The van der Waals surface area contributed by atoms with Gasteiger partial charge in [-0.15, -0.1) is 0 Å². The second kappa shape index (κ2) is 8.71. The molecule has 0 unspecified atom stereocenters. The van der Waals surface area contributed by atoms with E-state index in [-0.39, 0.29) is 12.1 Å². The van der Waals surface area contributed by atoms with Gasteiger partial charge in [0, 0.05) is 25.4 Å². The Kier molecular flexibility index (Phi) is 6.06. The first-order chi connectivity index (χ1) is 14.1. The molecule has 0 bridgehead atoms. The van der Waals surface area contributed by atoms with Crippen LogP contribution in [-0.2, 0) is 4.74 Å². The zero-order valence-corrected chi connectivity index (χ0v) is 18.0. The number of halogens is 2. The first kappa shape index (κ1) is 20.2. The van der Waals surface area contributed by atoms with Crippen LogP contribution in [0.3, 0.4) is 0 Å². The quantitative estimate of drug-likeness (QED) is 0.519. The van der Waals surface area contributed by atoms with Crippen LogP contribution in [0.5, 0.6) is 0 Å². The van der Waals surface area contributed by atoms with Crippen LogP contribution in [0.2, 0.25) is 10.0 Å². The maximum absolute atomic E-state index is 6.25. The van der Waals surface area contributed by atoms with E-state index in [4.69, 9.17) is 44.6 Å². The first-order valence-electron chi connectivity index (χ1n) is 9.10. The highest BCUT2D eigenvalue weighted by molar-refractivity contribution is 7.80. The van der Waals surface area contributed by atoms with Crippen molar-refractivity contribution in [3.63, 3.8) is 0 Å². The van der Waals surface area contributed by atoms with Crippen LogP contribution in [0.1, 0.15) is 23.5 Å². The van der Waals surface area contributed by atoms with Gasteiger partial charge in [0.05, 0.1) is 28.4 Å². The van der Waals surface area contributed by atoms with E-state index in [1.807, 2.05) is 36.4 Å². The molecule has 0 aliphatic carbocycles. The van der Waals surface area contributed by atoms with Crippen molar-refractivity contribution in [3.05, 3.63) is 76.2 Å². The third-order valence-electron chi connectivity index (χ3n) is 4.86. The van der Waals surface area contributed by atoms with Crippen LogP contribution in [0, 0.1) is 0 Å². The normalized spacial score (nSPS) is 18.9. The molecule has 3 aromatic rings. The van der Waals surface area contributed by atoms with Gasteiger partial charge < -0.3 is 19.4 Å². The Morgan fingerprint density at radius 1 is 1.17 bits per heavy atom. The summed E-state index contributed by atoms with van der Waals surface area (Å²) < 4.78 is 11.5. The minimum Gasteiger partial charge on any atom is -0.459 e. The molecule has 1 aliphatic heterocycles. The Balaban J connectivity index is 1.71. The van der Waals surface area contributed by atoms with Gasteiger partial charge in [0.2, 0.25) is 0 Å². The summed E-state index contributed by atoms with van der Waals surface area (Å²) in [5.41, 5.74) is 1.75. The van der Waals surface area contributed by atoms with Crippen molar-refractivity contribution in [2.24, 2.45) is 0 Å². The predicted molar refractivity (Wildman–Crippen MR) is 118 cm³/mol. The van der Waals surface area contributed by atoms with Gasteiger partial charge in [-0.25, -0.2) is 0 Å². The minimum absolute atomic E-state index is 0.131. The lowest BCUT2D eigenvalue weighted by Crippen LogP contribution is -2.32. The first-order valence-corrected chi connectivity index (χ1v) is 10.3. The number of thiocarbonyl (C=S) groups is 1.